The summed E-state index contributed by atoms with van der Waals surface area (Å²) >= 11 is 0. The summed E-state index contributed by atoms with van der Waals surface area (Å²) in [5.41, 5.74) is 0.626. The highest BCUT2D eigenvalue weighted by atomic mass is 16.4. The van der Waals surface area contributed by atoms with Gasteiger partial charge in [0.25, 0.3) is 0 Å². The van der Waals surface area contributed by atoms with Gasteiger partial charge in [-0.1, -0.05) is 30.3 Å². The molecule has 16 heavy (non-hydrogen) atoms. The molecule has 4 heteroatoms. The minimum atomic E-state index is -1.12. The molecule has 0 amide bonds. The van der Waals surface area contributed by atoms with Crippen LogP contribution < -0.4 is 0 Å². The minimum Gasteiger partial charge on any atom is -0.478 e. The zero-order valence-corrected chi connectivity index (χ0v) is 8.21. The first kappa shape index (κ1) is 10.2. The summed E-state index contributed by atoms with van der Waals surface area (Å²) in [6.07, 6.45) is 0.485. The number of benzene rings is 1. The van der Waals surface area contributed by atoms with E-state index in [0.717, 1.165) is 0 Å². The van der Waals surface area contributed by atoms with Crippen LogP contribution in [0.25, 0.3) is 11.3 Å². The third-order valence-corrected chi connectivity index (χ3v) is 2.13. The first-order valence-electron chi connectivity index (χ1n) is 4.60. The summed E-state index contributed by atoms with van der Waals surface area (Å²) in [5, 5.41) is 8.96. The Morgan fingerprint density at radius 2 is 1.94 bits per heavy atom. The molecule has 1 heterocycles. The van der Waals surface area contributed by atoms with Crippen molar-refractivity contribution in [3.05, 3.63) is 47.7 Å². The van der Waals surface area contributed by atoms with Gasteiger partial charge in [-0.3, -0.25) is 4.79 Å². The van der Waals surface area contributed by atoms with E-state index in [4.69, 9.17) is 9.52 Å². The van der Waals surface area contributed by atoms with Crippen LogP contribution in [-0.2, 0) is 0 Å². The molecule has 0 aliphatic carbocycles. The van der Waals surface area contributed by atoms with Crippen LogP contribution in [0.2, 0.25) is 0 Å². The van der Waals surface area contributed by atoms with Gasteiger partial charge in [0, 0.05) is 11.6 Å². The van der Waals surface area contributed by atoms with Gasteiger partial charge >= 0.3 is 5.97 Å². The molecular formula is C12H8O4. The molecule has 0 aliphatic heterocycles. The van der Waals surface area contributed by atoms with Crippen LogP contribution in [0.5, 0.6) is 0 Å². The van der Waals surface area contributed by atoms with E-state index in [-0.39, 0.29) is 17.1 Å². The maximum atomic E-state index is 10.9. The molecule has 1 aromatic carbocycles. The van der Waals surface area contributed by atoms with E-state index >= 15 is 0 Å². The Balaban J connectivity index is 2.59. The van der Waals surface area contributed by atoms with Gasteiger partial charge in [-0.15, -0.1) is 0 Å². The number of hydrogen-bond donors (Lipinski definition) is 1. The average molecular weight is 216 g/mol. The fraction of sp³-hybridized carbons (Fsp3) is 0. The summed E-state index contributed by atoms with van der Waals surface area (Å²) in [7, 11) is 0. The van der Waals surface area contributed by atoms with Crippen LogP contribution in [-0.4, -0.2) is 17.4 Å². The predicted octanol–water partition coefficient (Wildman–Crippen LogP) is 2.46. The number of hydrogen-bond acceptors (Lipinski definition) is 3. The summed E-state index contributed by atoms with van der Waals surface area (Å²) in [6, 6.07) is 10.0. The fourth-order valence-electron chi connectivity index (χ4n) is 1.43. The van der Waals surface area contributed by atoms with Crippen molar-refractivity contribution in [3.63, 3.8) is 0 Å². The number of rotatable bonds is 3. The Morgan fingerprint density at radius 3 is 2.50 bits per heavy atom. The van der Waals surface area contributed by atoms with Crippen LogP contribution >= 0.6 is 0 Å². The van der Waals surface area contributed by atoms with Crippen molar-refractivity contribution in [2.45, 2.75) is 0 Å². The van der Waals surface area contributed by atoms with Crippen molar-refractivity contribution in [2.24, 2.45) is 0 Å². The molecular weight excluding hydrogens is 208 g/mol. The van der Waals surface area contributed by atoms with E-state index < -0.39 is 5.97 Å². The summed E-state index contributed by atoms with van der Waals surface area (Å²) in [5.74, 6) is -0.901. The smallest absolute Gasteiger partial charge is 0.339 e. The average Bonchev–Trinajstić information content (AvgIpc) is 2.74. The number of aldehydes is 1. The van der Waals surface area contributed by atoms with Gasteiger partial charge in [-0.25, -0.2) is 4.79 Å². The lowest BCUT2D eigenvalue weighted by Crippen LogP contribution is -1.95. The topological polar surface area (TPSA) is 67.5 Å². The highest BCUT2D eigenvalue weighted by molar-refractivity contribution is 5.96. The van der Waals surface area contributed by atoms with E-state index in [2.05, 4.69) is 0 Å². The van der Waals surface area contributed by atoms with Gasteiger partial charge in [0.2, 0.25) is 0 Å². The first-order chi connectivity index (χ1) is 7.72. The standard InChI is InChI=1S/C12H8O4/c13-7-9-6-10(12(14)15)11(16-9)8-4-2-1-3-5-8/h1-7H,(H,14,15). The first-order valence-corrected chi connectivity index (χ1v) is 4.60. The fourth-order valence-corrected chi connectivity index (χ4v) is 1.43. The molecule has 0 saturated heterocycles. The van der Waals surface area contributed by atoms with E-state index in [1.807, 2.05) is 6.07 Å². The highest BCUT2D eigenvalue weighted by Crippen LogP contribution is 2.26. The largest absolute Gasteiger partial charge is 0.478 e. The summed E-state index contributed by atoms with van der Waals surface area (Å²) < 4.78 is 5.16. The van der Waals surface area contributed by atoms with E-state index in [0.29, 0.717) is 11.8 Å². The number of carbonyl (C=O) groups excluding carboxylic acids is 1. The lowest BCUT2D eigenvalue weighted by Gasteiger charge is -1.97. The van der Waals surface area contributed by atoms with Crippen LogP contribution in [0.15, 0.2) is 40.8 Å². The van der Waals surface area contributed by atoms with Gasteiger partial charge in [-0.2, -0.15) is 0 Å². The molecule has 0 spiro atoms. The van der Waals surface area contributed by atoms with Crippen molar-refractivity contribution >= 4 is 12.3 Å². The third-order valence-electron chi connectivity index (χ3n) is 2.13. The molecule has 80 valence electrons. The Morgan fingerprint density at radius 1 is 1.25 bits per heavy atom. The number of carboxylic acid groups (broad SMARTS) is 1. The third kappa shape index (κ3) is 1.72. The molecule has 2 aromatic rings. The Hall–Kier alpha value is -2.36. The normalized spacial score (nSPS) is 10.0. The number of furan rings is 1. The van der Waals surface area contributed by atoms with Gasteiger partial charge in [0.15, 0.2) is 12.0 Å². The minimum absolute atomic E-state index is 0.00620. The molecule has 0 bridgehead atoms. The Labute approximate surface area is 91.1 Å². The van der Waals surface area contributed by atoms with Gasteiger partial charge < -0.3 is 9.52 Å². The Bertz CT molecular complexity index is 525. The van der Waals surface area contributed by atoms with E-state index in [9.17, 15) is 9.59 Å². The zero-order valence-electron chi connectivity index (χ0n) is 8.21. The van der Waals surface area contributed by atoms with Gasteiger partial charge in [-0.05, 0) is 0 Å². The van der Waals surface area contributed by atoms with Crippen molar-refractivity contribution < 1.29 is 19.1 Å². The molecule has 4 nitrogen and oxygen atoms in total. The molecule has 2 rings (SSSR count). The quantitative estimate of drug-likeness (QED) is 0.800. The Kier molecular flexibility index (Phi) is 2.55. The number of carbonyl (C=O) groups is 2. The predicted molar refractivity (Wildman–Crippen MR) is 56.5 cm³/mol. The molecule has 1 N–H and O–H groups in total. The van der Waals surface area contributed by atoms with Crippen molar-refractivity contribution in [1.82, 2.24) is 0 Å². The van der Waals surface area contributed by atoms with Crippen LogP contribution in [0.3, 0.4) is 0 Å². The lowest BCUT2D eigenvalue weighted by molar-refractivity contribution is 0.0697. The van der Waals surface area contributed by atoms with Crippen molar-refractivity contribution in [3.8, 4) is 11.3 Å². The van der Waals surface area contributed by atoms with E-state index in [1.165, 1.54) is 6.07 Å². The lowest BCUT2D eigenvalue weighted by atomic mass is 10.1. The van der Waals surface area contributed by atoms with Crippen LogP contribution in [0.1, 0.15) is 20.9 Å². The molecule has 1 aromatic heterocycles. The van der Waals surface area contributed by atoms with Crippen LogP contribution in [0.4, 0.5) is 0 Å². The SMILES string of the molecule is O=Cc1cc(C(=O)O)c(-c2ccccc2)o1. The molecule has 0 atom stereocenters. The second-order valence-electron chi connectivity index (χ2n) is 3.18. The molecule has 0 radical (unpaired) electrons. The van der Waals surface area contributed by atoms with Gasteiger partial charge in [0.1, 0.15) is 11.3 Å². The summed E-state index contributed by atoms with van der Waals surface area (Å²) in [6.45, 7) is 0. The second kappa shape index (κ2) is 4.02. The van der Waals surface area contributed by atoms with Crippen molar-refractivity contribution in [2.75, 3.05) is 0 Å². The maximum absolute atomic E-state index is 10.9. The van der Waals surface area contributed by atoms with E-state index in [1.54, 1.807) is 24.3 Å². The maximum Gasteiger partial charge on any atom is 0.339 e. The number of carboxylic acids is 1. The highest BCUT2D eigenvalue weighted by Gasteiger charge is 2.17. The molecule has 0 saturated carbocycles. The zero-order chi connectivity index (χ0) is 11.5. The molecule has 0 aliphatic rings. The van der Waals surface area contributed by atoms with Crippen LogP contribution in [0, 0.1) is 0 Å². The monoisotopic (exact) mass is 216 g/mol. The molecule has 0 unspecified atom stereocenters. The number of aromatic carboxylic acids is 1. The summed E-state index contributed by atoms with van der Waals surface area (Å²) in [4.78, 5) is 21.5. The van der Waals surface area contributed by atoms with Gasteiger partial charge in [0.05, 0.1) is 0 Å². The van der Waals surface area contributed by atoms with Crippen molar-refractivity contribution in [1.29, 1.82) is 0 Å². The second-order valence-corrected chi connectivity index (χ2v) is 3.18. The molecule has 0 fully saturated rings.